The van der Waals surface area contributed by atoms with Crippen molar-refractivity contribution in [3.8, 4) is 0 Å². The van der Waals surface area contributed by atoms with E-state index >= 15 is 0 Å². The van der Waals surface area contributed by atoms with E-state index < -0.39 is 11.6 Å². The quantitative estimate of drug-likeness (QED) is 0.751. The average Bonchev–Trinajstić information content (AvgIpc) is 2.95. The van der Waals surface area contributed by atoms with E-state index in [1.165, 1.54) is 0 Å². The predicted molar refractivity (Wildman–Crippen MR) is 108 cm³/mol. The highest BCUT2D eigenvalue weighted by Gasteiger charge is 2.52. The van der Waals surface area contributed by atoms with E-state index in [9.17, 15) is 14.4 Å². The smallest absolute Gasteiger partial charge is 0.319 e. The Balaban J connectivity index is 1.86. The molecule has 6 nitrogen and oxygen atoms in total. The van der Waals surface area contributed by atoms with Crippen LogP contribution in [0.4, 0.5) is 10.5 Å². The topological polar surface area (TPSA) is 69.7 Å². The Morgan fingerprint density at radius 2 is 1.61 bits per heavy atom. The molecule has 28 heavy (non-hydrogen) atoms. The molecule has 0 aromatic heterocycles. The summed E-state index contributed by atoms with van der Waals surface area (Å²) < 4.78 is 0. The van der Waals surface area contributed by atoms with Crippen LogP contribution in [0.15, 0.2) is 60.7 Å². The predicted octanol–water partition coefficient (Wildman–Crippen LogP) is 3.29. The average molecular weight is 379 g/mol. The molecule has 0 bridgehead atoms. The van der Waals surface area contributed by atoms with Crippen molar-refractivity contribution in [2.75, 3.05) is 18.0 Å². The summed E-state index contributed by atoms with van der Waals surface area (Å²) in [7, 11) is 0. The summed E-state index contributed by atoms with van der Waals surface area (Å²) in [5, 5.41) is 2.85. The Hall–Kier alpha value is -3.15. The largest absolute Gasteiger partial charge is 0.325 e. The number of carbonyl (C=O) groups excluding carboxylic acids is 3. The maximum absolute atomic E-state index is 13.3. The van der Waals surface area contributed by atoms with Gasteiger partial charge in [0.15, 0.2) is 0 Å². The lowest BCUT2D eigenvalue weighted by atomic mass is 9.85. The standard InChI is InChI=1S/C22H25N3O3/c1-3-15-22(17-11-7-5-8-12-17)20(27)25(21(28)23-22)16-19(26)24(4-2)18-13-9-6-10-14-18/h5-14H,3-4,15-16H2,1-2H3,(H,23,28). The van der Waals surface area contributed by atoms with Gasteiger partial charge in [0.25, 0.3) is 5.91 Å². The number of hydrogen-bond donors (Lipinski definition) is 1. The molecule has 2 aromatic rings. The van der Waals surface area contributed by atoms with Crippen molar-refractivity contribution in [2.45, 2.75) is 32.2 Å². The van der Waals surface area contributed by atoms with E-state index in [-0.39, 0.29) is 18.4 Å². The van der Waals surface area contributed by atoms with Crippen LogP contribution in [0.5, 0.6) is 0 Å². The van der Waals surface area contributed by atoms with Crippen LogP contribution in [0.25, 0.3) is 0 Å². The number of anilines is 1. The number of rotatable bonds is 7. The van der Waals surface area contributed by atoms with Crippen LogP contribution in [0.2, 0.25) is 0 Å². The van der Waals surface area contributed by atoms with E-state index in [0.717, 1.165) is 16.2 Å². The number of para-hydroxylation sites is 1. The first-order chi connectivity index (χ1) is 13.5. The minimum atomic E-state index is -1.11. The molecule has 1 unspecified atom stereocenters. The number of urea groups is 1. The third-order valence-electron chi connectivity index (χ3n) is 5.05. The van der Waals surface area contributed by atoms with E-state index in [1.807, 2.05) is 74.5 Å². The third-order valence-corrected chi connectivity index (χ3v) is 5.05. The molecule has 1 saturated heterocycles. The summed E-state index contributed by atoms with van der Waals surface area (Å²) >= 11 is 0. The molecule has 146 valence electrons. The molecule has 4 amide bonds. The van der Waals surface area contributed by atoms with Crippen LogP contribution in [-0.2, 0) is 15.1 Å². The molecule has 0 aliphatic carbocycles. The Labute approximate surface area is 165 Å². The second-order valence-electron chi connectivity index (χ2n) is 6.82. The first kappa shape index (κ1) is 19.6. The van der Waals surface area contributed by atoms with Crippen molar-refractivity contribution in [2.24, 2.45) is 0 Å². The van der Waals surface area contributed by atoms with Gasteiger partial charge >= 0.3 is 6.03 Å². The second-order valence-corrected chi connectivity index (χ2v) is 6.82. The van der Waals surface area contributed by atoms with Crippen LogP contribution in [0.1, 0.15) is 32.3 Å². The van der Waals surface area contributed by atoms with E-state index in [4.69, 9.17) is 0 Å². The Kier molecular flexibility index (Phi) is 5.78. The van der Waals surface area contributed by atoms with Gasteiger partial charge in [-0.25, -0.2) is 4.79 Å². The zero-order valence-corrected chi connectivity index (χ0v) is 16.2. The van der Waals surface area contributed by atoms with E-state index in [0.29, 0.717) is 19.4 Å². The molecule has 2 aromatic carbocycles. The van der Waals surface area contributed by atoms with Crippen molar-refractivity contribution in [3.05, 3.63) is 66.2 Å². The van der Waals surface area contributed by atoms with Gasteiger partial charge in [-0.1, -0.05) is 61.9 Å². The van der Waals surface area contributed by atoms with Gasteiger partial charge in [-0.3, -0.25) is 14.5 Å². The van der Waals surface area contributed by atoms with Crippen molar-refractivity contribution in [3.63, 3.8) is 0 Å². The lowest BCUT2D eigenvalue weighted by Crippen LogP contribution is -2.46. The highest BCUT2D eigenvalue weighted by Crippen LogP contribution is 2.33. The number of imide groups is 1. The molecule has 0 radical (unpaired) electrons. The maximum Gasteiger partial charge on any atom is 0.325 e. The van der Waals surface area contributed by atoms with Gasteiger partial charge in [0.05, 0.1) is 0 Å². The monoisotopic (exact) mass is 379 g/mol. The first-order valence-electron chi connectivity index (χ1n) is 9.58. The molecule has 3 rings (SSSR count). The number of nitrogens with one attached hydrogen (secondary N) is 1. The summed E-state index contributed by atoms with van der Waals surface area (Å²) in [5.41, 5.74) is 0.363. The minimum Gasteiger partial charge on any atom is -0.319 e. The molecule has 1 atom stereocenters. The second kappa shape index (κ2) is 8.25. The molecule has 0 spiro atoms. The summed E-state index contributed by atoms with van der Waals surface area (Å²) in [5.74, 6) is -0.666. The summed E-state index contributed by atoms with van der Waals surface area (Å²) in [4.78, 5) is 41.4. The molecule has 1 heterocycles. The Morgan fingerprint density at radius 3 is 2.18 bits per heavy atom. The summed E-state index contributed by atoms with van der Waals surface area (Å²) in [6.45, 7) is 3.99. The van der Waals surface area contributed by atoms with E-state index in [2.05, 4.69) is 5.32 Å². The number of nitrogens with zero attached hydrogens (tertiary/aromatic N) is 2. The molecule has 1 aliphatic heterocycles. The lowest BCUT2D eigenvalue weighted by molar-refractivity contribution is -0.134. The fourth-order valence-corrected chi connectivity index (χ4v) is 3.71. The molecule has 1 aliphatic rings. The van der Waals surface area contributed by atoms with E-state index in [1.54, 1.807) is 4.90 Å². The van der Waals surface area contributed by atoms with Gasteiger partial charge in [-0.05, 0) is 31.0 Å². The SMILES string of the molecule is CCCC1(c2ccccc2)NC(=O)N(CC(=O)N(CC)c2ccccc2)C1=O. The highest BCUT2D eigenvalue weighted by atomic mass is 16.2. The minimum absolute atomic E-state index is 0.286. The van der Waals surface area contributed by atoms with Gasteiger partial charge in [0.1, 0.15) is 12.1 Å². The summed E-state index contributed by atoms with van der Waals surface area (Å²) in [6, 6.07) is 17.9. The van der Waals surface area contributed by atoms with Crippen LogP contribution < -0.4 is 10.2 Å². The van der Waals surface area contributed by atoms with Gasteiger partial charge in [0.2, 0.25) is 5.91 Å². The summed E-state index contributed by atoms with van der Waals surface area (Å²) in [6.07, 6.45) is 1.19. The number of hydrogen-bond acceptors (Lipinski definition) is 3. The fourth-order valence-electron chi connectivity index (χ4n) is 3.71. The van der Waals surface area contributed by atoms with Crippen molar-refractivity contribution in [1.82, 2.24) is 10.2 Å². The molecule has 0 saturated carbocycles. The Bertz CT molecular complexity index is 854. The van der Waals surface area contributed by atoms with Crippen LogP contribution in [-0.4, -0.2) is 35.8 Å². The van der Waals surface area contributed by atoms with Crippen molar-refractivity contribution in [1.29, 1.82) is 0 Å². The van der Waals surface area contributed by atoms with Crippen LogP contribution in [0.3, 0.4) is 0 Å². The van der Waals surface area contributed by atoms with Crippen molar-refractivity contribution >= 4 is 23.5 Å². The zero-order chi connectivity index (χ0) is 20.1. The lowest BCUT2D eigenvalue weighted by Gasteiger charge is -2.27. The number of likely N-dealkylation sites (N-methyl/N-ethyl adjacent to an activating group) is 1. The zero-order valence-electron chi connectivity index (χ0n) is 16.2. The van der Waals surface area contributed by atoms with Gasteiger partial charge in [0, 0.05) is 12.2 Å². The van der Waals surface area contributed by atoms with Crippen molar-refractivity contribution < 1.29 is 14.4 Å². The Morgan fingerprint density at radius 1 is 1.00 bits per heavy atom. The molecular weight excluding hydrogens is 354 g/mol. The fraction of sp³-hybridized carbons (Fsp3) is 0.318. The first-order valence-corrected chi connectivity index (χ1v) is 9.58. The van der Waals surface area contributed by atoms with Crippen LogP contribution >= 0.6 is 0 Å². The molecular formula is C22H25N3O3. The number of benzene rings is 2. The normalized spacial score (nSPS) is 18.9. The maximum atomic E-state index is 13.3. The molecule has 6 heteroatoms. The number of amides is 4. The third kappa shape index (κ3) is 3.50. The van der Waals surface area contributed by atoms with Crippen LogP contribution in [0, 0.1) is 0 Å². The highest BCUT2D eigenvalue weighted by molar-refractivity contribution is 6.10. The van der Waals surface area contributed by atoms with Gasteiger partial charge in [-0.2, -0.15) is 0 Å². The molecule has 1 N–H and O–H groups in total. The van der Waals surface area contributed by atoms with Gasteiger partial charge in [-0.15, -0.1) is 0 Å². The number of carbonyl (C=O) groups is 3. The van der Waals surface area contributed by atoms with Gasteiger partial charge < -0.3 is 10.2 Å². The molecule has 1 fully saturated rings.